The first-order chi connectivity index (χ1) is 8.97. The van der Waals surface area contributed by atoms with Crippen LogP contribution in [0.15, 0.2) is 30.3 Å². The predicted octanol–water partition coefficient (Wildman–Crippen LogP) is 3.27. The maximum Gasteiger partial charge on any atom is 0.251 e. The minimum atomic E-state index is -1.37. The Morgan fingerprint density at radius 1 is 1.05 bits per heavy atom. The summed E-state index contributed by atoms with van der Waals surface area (Å²) in [7, 11) is 1.45. The van der Waals surface area contributed by atoms with Crippen LogP contribution in [-0.4, -0.2) is 12.0 Å². The Labute approximate surface area is 107 Å². The fourth-order valence-corrected chi connectivity index (χ4v) is 1.69. The smallest absolute Gasteiger partial charge is 0.251 e. The molecule has 0 fully saturated rings. The van der Waals surface area contributed by atoms with Crippen LogP contribution in [0.3, 0.4) is 0 Å². The van der Waals surface area contributed by atoms with E-state index in [4.69, 9.17) is 0 Å². The fraction of sp³-hybridized carbons (Fsp3) is 0.154. The van der Waals surface area contributed by atoms with Gasteiger partial charge in [-0.15, -0.1) is 0 Å². The predicted molar refractivity (Wildman–Crippen MR) is 62.6 cm³/mol. The van der Waals surface area contributed by atoms with E-state index >= 15 is 0 Å². The molecule has 100 valence electrons. The summed E-state index contributed by atoms with van der Waals surface area (Å²) in [4.78, 5) is 4.48. The third-order valence-corrected chi connectivity index (χ3v) is 2.54. The van der Waals surface area contributed by atoms with Crippen molar-refractivity contribution < 1.29 is 17.6 Å². The van der Waals surface area contributed by atoms with E-state index in [1.54, 1.807) is 6.07 Å². The lowest BCUT2D eigenvalue weighted by Crippen LogP contribution is -2.20. The van der Waals surface area contributed by atoms with Crippen molar-refractivity contribution in [2.45, 2.75) is 6.54 Å². The number of aromatic nitrogens is 1. The highest BCUT2D eigenvalue weighted by Gasteiger charge is 2.15. The summed E-state index contributed by atoms with van der Waals surface area (Å²) in [5, 5.41) is 0. The molecule has 0 spiro atoms. The monoisotopic (exact) mass is 270 g/mol. The number of nitrogens with zero attached hydrogens (tertiary/aromatic N) is 2. The second-order valence-corrected chi connectivity index (χ2v) is 4.05. The van der Waals surface area contributed by atoms with Gasteiger partial charge in [-0.25, -0.2) is 13.2 Å². The molecule has 19 heavy (non-hydrogen) atoms. The van der Waals surface area contributed by atoms with Crippen LogP contribution in [0.25, 0.3) is 0 Å². The van der Waals surface area contributed by atoms with Gasteiger partial charge < -0.3 is 4.90 Å². The SMILES string of the molecule is CN(Cc1cccc(F)c1)c1nc(F)c(F)cc1F. The molecule has 0 saturated heterocycles. The van der Waals surface area contributed by atoms with Crippen LogP contribution < -0.4 is 4.90 Å². The number of halogens is 4. The van der Waals surface area contributed by atoms with Crippen molar-refractivity contribution in [2.24, 2.45) is 0 Å². The Kier molecular flexibility index (Phi) is 3.69. The largest absolute Gasteiger partial charge is 0.353 e. The lowest BCUT2D eigenvalue weighted by Gasteiger charge is -2.18. The molecule has 2 rings (SSSR count). The topological polar surface area (TPSA) is 16.1 Å². The van der Waals surface area contributed by atoms with Gasteiger partial charge in [0.05, 0.1) is 0 Å². The van der Waals surface area contributed by atoms with Crippen LogP contribution in [0.1, 0.15) is 5.56 Å². The number of hydrogen-bond acceptors (Lipinski definition) is 2. The molecular weight excluding hydrogens is 260 g/mol. The zero-order valence-electron chi connectivity index (χ0n) is 10.0. The first kappa shape index (κ1) is 13.3. The van der Waals surface area contributed by atoms with E-state index in [1.165, 1.54) is 30.1 Å². The van der Waals surface area contributed by atoms with Gasteiger partial charge in [-0.2, -0.15) is 9.37 Å². The Morgan fingerprint density at radius 3 is 2.47 bits per heavy atom. The summed E-state index contributed by atoms with van der Waals surface area (Å²) in [5.74, 6) is -4.45. The molecule has 0 aliphatic rings. The van der Waals surface area contributed by atoms with Crippen molar-refractivity contribution in [3.8, 4) is 0 Å². The van der Waals surface area contributed by atoms with Gasteiger partial charge >= 0.3 is 0 Å². The average molecular weight is 270 g/mol. The van der Waals surface area contributed by atoms with Gasteiger partial charge in [-0.05, 0) is 17.7 Å². The Bertz CT molecular complexity index is 601. The molecule has 0 saturated carbocycles. The third kappa shape index (κ3) is 3.01. The molecule has 0 atom stereocenters. The average Bonchev–Trinajstić information content (AvgIpc) is 2.33. The van der Waals surface area contributed by atoms with Crippen LogP contribution in [0.2, 0.25) is 0 Å². The molecule has 1 aromatic heterocycles. The Morgan fingerprint density at radius 2 is 1.79 bits per heavy atom. The summed E-state index contributed by atoms with van der Waals surface area (Å²) in [6.07, 6.45) is 0. The number of anilines is 1. The molecule has 2 aromatic rings. The third-order valence-electron chi connectivity index (χ3n) is 2.54. The summed E-state index contributed by atoms with van der Waals surface area (Å²) in [6.45, 7) is 0.118. The van der Waals surface area contributed by atoms with E-state index in [0.717, 1.165) is 0 Å². The summed E-state index contributed by atoms with van der Waals surface area (Å²) in [6, 6.07) is 6.12. The minimum absolute atomic E-state index is 0.118. The van der Waals surface area contributed by atoms with E-state index in [-0.39, 0.29) is 12.4 Å². The Hall–Kier alpha value is -2.11. The van der Waals surface area contributed by atoms with Crippen molar-refractivity contribution in [2.75, 3.05) is 11.9 Å². The summed E-state index contributed by atoms with van der Waals surface area (Å²) < 4.78 is 52.2. The lowest BCUT2D eigenvalue weighted by molar-refractivity contribution is 0.463. The molecular formula is C13H10F4N2. The highest BCUT2D eigenvalue weighted by Crippen LogP contribution is 2.19. The zero-order valence-corrected chi connectivity index (χ0v) is 10.0. The van der Waals surface area contributed by atoms with Crippen LogP contribution in [0.5, 0.6) is 0 Å². The maximum absolute atomic E-state index is 13.5. The normalized spacial score (nSPS) is 10.6. The minimum Gasteiger partial charge on any atom is -0.353 e. The van der Waals surface area contributed by atoms with Crippen LogP contribution in [0.4, 0.5) is 23.4 Å². The van der Waals surface area contributed by atoms with Gasteiger partial charge in [0.2, 0.25) is 0 Å². The standard InChI is InChI=1S/C13H10F4N2/c1-19(7-8-3-2-4-9(14)5-8)13-11(16)6-10(15)12(17)18-13/h2-6H,7H2,1H3. The highest BCUT2D eigenvalue weighted by atomic mass is 19.2. The molecule has 6 heteroatoms. The van der Waals surface area contributed by atoms with Crippen molar-refractivity contribution in [1.82, 2.24) is 4.98 Å². The number of hydrogen-bond donors (Lipinski definition) is 0. The fourth-order valence-electron chi connectivity index (χ4n) is 1.69. The molecule has 2 nitrogen and oxygen atoms in total. The van der Waals surface area contributed by atoms with Crippen LogP contribution in [-0.2, 0) is 6.54 Å². The van der Waals surface area contributed by atoms with Crippen molar-refractivity contribution >= 4 is 5.82 Å². The van der Waals surface area contributed by atoms with E-state index in [1.807, 2.05) is 0 Å². The molecule has 0 amide bonds. The number of pyridine rings is 1. The van der Waals surface area contributed by atoms with Crippen molar-refractivity contribution in [3.63, 3.8) is 0 Å². The van der Waals surface area contributed by atoms with Gasteiger partial charge in [0.25, 0.3) is 5.95 Å². The molecule has 0 bridgehead atoms. The molecule has 0 unspecified atom stereocenters. The van der Waals surface area contributed by atoms with Gasteiger partial charge in [0.15, 0.2) is 17.5 Å². The summed E-state index contributed by atoms with van der Waals surface area (Å²) >= 11 is 0. The molecule has 0 aliphatic heterocycles. The first-order valence-corrected chi connectivity index (χ1v) is 5.44. The van der Waals surface area contributed by atoms with Crippen molar-refractivity contribution in [3.05, 3.63) is 59.3 Å². The van der Waals surface area contributed by atoms with Gasteiger partial charge in [-0.3, -0.25) is 0 Å². The molecule has 1 aromatic carbocycles. The molecule has 0 aliphatic carbocycles. The van der Waals surface area contributed by atoms with Crippen molar-refractivity contribution in [1.29, 1.82) is 0 Å². The first-order valence-electron chi connectivity index (χ1n) is 5.44. The maximum atomic E-state index is 13.5. The van der Waals surface area contributed by atoms with Gasteiger partial charge in [0.1, 0.15) is 5.82 Å². The lowest BCUT2D eigenvalue weighted by atomic mass is 10.2. The number of benzene rings is 1. The second kappa shape index (κ2) is 5.26. The summed E-state index contributed by atoms with van der Waals surface area (Å²) in [5.41, 5.74) is 0.563. The van der Waals surface area contributed by atoms with Crippen LogP contribution in [0, 0.1) is 23.4 Å². The molecule has 0 radical (unpaired) electrons. The van der Waals surface area contributed by atoms with Gasteiger partial charge in [0, 0.05) is 19.7 Å². The zero-order chi connectivity index (χ0) is 14.0. The van der Waals surface area contributed by atoms with Gasteiger partial charge in [-0.1, -0.05) is 12.1 Å². The highest BCUT2D eigenvalue weighted by molar-refractivity contribution is 5.40. The quantitative estimate of drug-likeness (QED) is 0.628. The molecule has 0 N–H and O–H groups in total. The molecule has 1 heterocycles. The van der Waals surface area contributed by atoms with E-state index in [2.05, 4.69) is 4.98 Å². The van der Waals surface area contributed by atoms with E-state index in [9.17, 15) is 17.6 Å². The van der Waals surface area contributed by atoms with Crippen LogP contribution >= 0.6 is 0 Å². The second-order valence-electron chi connectivity index (χ2n) is 4.05. The number of rotatable bonds is 3. The van der Waals surface area contributed by atoms with E-state index in [0.29, 0.717) is 11.6 Å². The van der Waals surface area contributed by atoms with E-state index < -0.39 is 23.4 Å². The Balaban J connectivity index is 2.25.